The third kappa shape index (κ3) is 7.68. The van der Waals surface area contributed by atoms with Crippen molar-refractivity contribution in [2.75, 3.05) is 19.5 Å². The van der Waals surface area contributed by atoms with Crippen LogP contribution in [0.5, 0.6) is 5.75 Å². The number of anilines is 1. The van der Waals surface area contributed by atoms with E-state index in [9.17, 15) is 4.79 Å². The number of carbonyl (C=O) groups is 1. The number of hydrogen-bond donors (Lipinski definition) is 3. The predicted octanol–water partition coefficient (Wildman–Crippen LogP) is 3.90. The van der Waals surface area contributed by atoms with Gasteiger partial charge in [-0.2, -0.15) is 0 Å². The van der Waals surface area contributed by atoms with Crippen LogP contribution in [0.2, 0.25) is 0 Å². The molecule has 0 radical (unpaired) electrons. The molecule has 162 valence electrons. The zero-order chi connectivity index (χ0) is 21.9. The number of nitrogen functional groups attached to an aromatic ring is 1. The highest BCUT2D eigenvalue weighted by Gasteiger charge is 2.13. The van der Waals surface area contributed by atoms with Gasteiger partial charge in [-0.1, -0.05) is 54.6 Å². The normalized spacial score (nSPS) is 11.5. The van der Waals surface area contributed by atoms with Gasteiger partial charge in [0.2, 0.25) is 0 Å². The van der Waals surface area contributed by atoms with E-state index in [-0.39, 0.29) is 12.1 Å². The number of methoxy groups -OCH3 is 1. The molecule has 0 fully saturated rings. The van der Waals surface area contributed by atoms with Gasteiger partial charge in [0, 0.05) is 19.3 Å². The van der Waals surface area contributed by atoms with Gasteiger partial charge < -0.3 is 25.8 Å². The number of nitrogens with two attached hydrogens (primary N) is 1. The van der Waals surface area contributed by atoms with Crippen molar-refractivity contribution in [3.63, 3.8) is 0 Å². The number of benzene rings is 3. The molecule has 0 bridgehead atoms. The highest BCUT2D eigenvalue weighted by Crippen LogP contribution is 2.16. The van der Waals surface area contributed by atoms with Crippen LogP contribution in [0.25, 0.3) is 0 Å². The minimum Gasteiger partial charge on any atom is -0.489 e. The standard InChI is InChI=1S/C25H29N3O3/c1-30-18-23(28-25(29)27-16-19-10-12-22(26)13-11-19)14-21-8-5-9-24(15-21)31-17-20-6-3-2-4-7-20/h2-13,15,23H,14,16-18,26H2,1H3,(H2,27,28,29). The Kier molecular flexibility index (Phi) is 8.31. The number of ether oxygens (including phenoxy) is 2. The van der Waals surface area contributed by atoms with Gasteiger partial charge in [0.15, 0.2) is 0 Å². The lowest BCUT2D eigenvalue weighted by Crippen LogP contribution is -2.45. The summed E-state index contributed by atoms with van der Waals surface area (Å²) in [6.07, 6.45) is 0.631. The fourth-order valence-electron chi connectivity index (χ4n) is 3.19. The number of amides is 2. The minimum absolute atomic E-state index is 0.166. The maximum absolute atomic E-state index is 12.4. The van der Waals surface area contributed by atoms with E-state index in [4.69, 9.17) is 15.2 Å². The Balaban J connectivity index is 1.52. The minimum atomic E-state index is -0.240. The first-order valence-corrected chi connectivity index (χ1v) is 10.3. The second-order valence-corrected chi connectivity index (χ2v) is 7.35. The largest absolute Gasteiger partial charge is 0.489 e. The fraction of sp³-hybridized carbons (Fsp3) is 0.240. The summed E-state index contributed by atoms with van der Waals surface area (Å²) >= 11 is 0. The predicted molar refractivity (Wildman–Crippen MR) is 123 cm³/mol. The van der Waals surface area contributed by atoms with Gasteiger partial charge in [-0.25, -0.2) is 4.79 Å². The van der Waals surface area contributed by atoms with Gasteiger partial charge in [0.05, 0.1) is 12.6 Å². The Morgan fingerprint density at radius 3 is 2.42 bits per heavy atom. The molecule has 4 N–H and O–H groups in total. The maximum Gasteiger partial charge on any atom is 0.315 e. The van der Waals surface area contributed by atoms with Crippen LogP contribution < -0.4 is 21.1 Å². The monoisotopic (exact) mass is 419 g/mol. The van der Waals surface area contributed by atoms with E-state index in [2.05, 4.69) is 10.6 Å². The van der Waals surface area contributed by atoms with E-state index < -0.39 is 0 Å². The molecular formula is C25H29N3O3. The number of urea groups is 1. The average molecular weight is 420 g/mol. The van der Waals surface area contributed by atoms with Crippen LogP contribution >= 0.6 is 0 Å². The van der Waals surface area contributed by atoms with E-state index in [1.807, 2.05) is 78.9 Å². The van der Waals surface area contributed by atoms with Gasteiger partial charge >= 0.3 is 6.03 Å². The summed E-state index contributed by atoms with van der Waals surface area (Å²) in [5.41, 5.74) is 9.55. The highest BCUT2D eigenvalue weighted by molar-refractivity contribution is 5.74. The molecule has 0 aliphatic carbocycles. The highest BCUT2D eigenvalue weighted by atomic mass is 16.5. The van der Waals surface area contributed by atoms with Crippen LogP contribution in [0, 0.1) is 0 Å². The molecular weight excluding hydrogens is 390 g/mol. The Bertz CT molecular complexity index is 946. The van der Waals surface area contributed by atoms with Crippen LogP contribution in [-0.2, 0) is 24.3 Å². The Morgan fingerprint density at radius 2 is 1.68 bits per heavy atom. The first kappa shape index (κ1) is 22.2. The molecule has 1 atom stereocenters. The maximum atomic E-state index is 12.4. The van der Waals surface area contributed by atoms with Crippen molar-refractivity contribution in [1.29, 1.82) is 0 Å². The van der Waals surface area contributed by atoms with Crippen LogP contribution in [0.4, 0.5) is 10.5 Å². The SMILES string of the molecule is COCC(Cc1cccc(OCc2ccccc2)c1)NC(=O)NCc1ccc(N)cc1. The van der Waals surface area contributed by atoms with E-state index in [1.54, 1.807) is 7.11 Å². The van der Waals surface area contributed by atoms with Gasteiger partial charge in [-0.3, -0.25) is 0 Å². The summed E-state index contributed by atoms with van der Waals surface area (Å²) in [5, 5.41) is 5.86. The number of rotatable bonds is 10. The summed E-state index contributed by atoms with van der Waals surface area (Å²) in [6, 6.07) is 25.0. The first-order valence-electron chi connectivity index (χ1n) is 10.3. The van der Waals surface area contributed by atoms with Crippen molar-refractivity contribution in [3.8, 4) is 5.75 Å². The molecule has 2 amide bonds. The Morgan fingerprint density at radius 1 is 0.935 bits per heavy atom. The van der Waals surface area contributed by atoms with Crippen molar-refractivity contribution in [2.45, 2.75) is 25.6 Å². The number of nitrogens with one attached hydrogen (secondary N) is 2. The smallest absolute Gasteiger partial charge is 0.315 e. The lowest BCUT2D eigenvalue weighted by atomic mass is 10.1. The zero-order valence-electron chi connectivity index (χ0n) is 17.7. The quantitative estimate of drug-likeness (QED) is 0.435. The van der Waals surface area contributed by atoms with Gasteiger partial charge in [-0.05, 0) is 47.4 Å². The molecule has 3 aromatic rings. The summed E-state index contributed by atoms with van der Waals surface area (Å²) in [5.74, 6) is 0.797. The number of hydrogen-bond acceptors (Lipinski definition) is 4. The van der Waals surface area contributed by atoms with Crippen molar-refractivity contribution in [1.82, 2.24) is 10.6 Å². The topological polar surface area (TPSA) is 85.6 Å². The molecule has 0 heterocycles. The van der Waals surface area contributed by atoms with Gasteiger partial charge in [0.25, 0.3) is 0 Å². The molecule has 0 saturated heterocycles. The van der Waals surface area contributed by atoms with E-state index in [1.165, 1.54) is 0 Å². The molecule has 0 spiro atoms. The molecule has 0 aromatic heterocycles. The van der Waals surface area contributed by atoms with Crippen molar-refractivity contribution in [3.05, 3.63) is 95.6 Å². The molecule has 1 unspecified atom stereocenters. The molecule has 6 nitrogen and oxygen atoms in total. The zero-order valence-corrected chi connectivity index (χ0v) is 17.7. The van der Waals surface area contributed by atoms with Crippen LogP contribution in [0.3, 0.4) is 0 Å². The van der Waals surface area contributed by atoms with E-state index >= 15 is 0 Å². The molecule has 6 heteroatoms. The fourth-order valence-corrected chi connectivity index (χ4v) is 3.19. The molecule has 3 aromatic carbocycles. The van der Waals surface area contributed by atoms with Crippen molar-refractivity contribution < 1.29 is 14.3 Å². The summed E-state index contributed by atoms with van der Waals surface area (Å²) < 4.78 is 11.2. The summed E-state index contributed by atoms with van der Waals surface area (Å²) in [4.78, 5) is 12.4. The van der Waals surface area contributed by atoms with E-state index in [0.29, 0.717) is 31.9 Å². The summed E-state index contributed by atoms with van der Waals surface area (Å²) in [6.45, 7) is 1.34. The average Bonchev–Trinajstić information content (AvgIpc) is 2.78. The van der Waals surface area contributed by atoms with Crippen molar-refractivity contribution >= 4 is 11.7 Å². The Labute approximate surface area is 183 Å². The molecule has 31 heavy (non-hydrogen) atoms. The lowest BCUT2D eigenvalue weighted by molar-refractivity contribution is 0.165. The van der Waals surface area contributed by atoms with Crippen LogP contribution in [-0.4, -0.2) is 25.8 Å². The molecule has 0 aliphatic heterocycles. The van der Waals surface area contributed by atoms with Gasteiger partial charge in [0.1, 0.15) is 12.4 Å². The molecule has 3 rings (SSSR count). The van der Waals surface area contributed by atoms with Crippen LogP contribution in [0.15, 0.2) is 78.9 Å². The molecule has 0 saturated carbocycles. The van der Waals surface area contributed by atoms with Gasteiger partial charge in [-0.15, -0.1) is 0 Å². The number of carbonyl (C=O) groups excluding carboxylic acids is 1. The first-order chi connectivity index (χ1) is 15.1. The summed E-state index contributed by atoms with van der Waals surface area (Å²) in [7, 11) is 1.63. The lowest BCUT2D eigenvalue weighted by Gasteiger charge is -2.19. The molecule has 0 aliphatic rings. The second-order valence-electron chi connectivity index (χ2n) is 7.35. The van der Waals surface area contributed by atoms with Crippen molar-refractivity contribution in [2.24, 2.45) is 0 Å². The third-order valence-electron chi connectivity index (χ3n) is 4.76. The van der Waals surface area contributed by atoms with Crippen LogP contribution in [0.1, 0.15) is 16.7 Å². The van der Waals surface area contributed by atoms with E-state index in [0.717, 1.165) is 22.4 Å². The third-order valence-corrected chi connectivity index (χ3v) is 4.76. The second kappa shape index (κ2) is 11.6. The Hall–Kier alpha value is -3.51.